The third kappa shape index (κ3) is 5.25. The van der Waals surface area contributed by atoms with Gasteiger partial charge in [-0.3, -0.25) is 0 Å². The SMILES string of the molecule is CCC1CCC(CC)(CC)CC1.CCC1CCCC2CCCCC12. The lowest BCUT2D eigenvalue weighted by Gasteiger charge is -2.41. The van der Waals surface area contributed by atoms with E-state index in [0.717, 1.165) is 29.1 Å². The minimum atomic E-state index is 0.742. The summed E-state index contributed by atoms with van der Waals surface area (Å²) in [5.74, 6) is 4.43. The molecule has 3 saturated carbocycles. The van der Waals surface area contributed by atoms with E-state index < -0.39 is 0 Å². The first kappa shape index (κ1) is 20.3. The molecule has 3 aliphatic carbocycles. The third-order valence-electron chi connectivity index (χ3n) is 8.49. The fraction of sp³-hybridized carbons (Fsp3) is 1.00. The van der Waals surface area contributed by atoms with Gasteiger partial charge in [-0.25, -0.2) is 0 Å². The number of hydrogen-bond donors (Lipinski definition) is 0. The van der Waals surface area contributed by atoms with E-state index in [0.29, 0.717) is 0 Å². The highest BCUT2D eigenvalue weighted by Crippen LogP contribution is 2.45. The highest BCUT2D eigenvalue weighted by atomic mass is 14.4. The largest absolute Gasteiger partial charge is 0.0651 e. The van der Waals surface area contributed by atoms with Crippen molar-refractivity contribution < 1.29 is 0 Å². The molecule has 3 atom stereocenters. The summed E-state index contributed by atoms with van der Waals surface area (Å²) in [6, 6.07) is 0. The number of hydrogen-bond acceptors (Lipinski definition) is 0. The molecule has 0 aliphatic heterocycles. The fourth-order valence-corrected chi connectivity index (χ4v) is 6.23. The van der Waals surface area contributed by atoms with Crippen LogP contribution in [0.2, 0.25) is 0 Å². The van der Waals surface area contributed by atoms with Crippen LogP contribution >= 0.6 is 0 Å². The lowest BCUT2D eigenvalue weighted by molar-refractivity contribution is 0.101. The molecule has 0 nitrogen and oxygen atoms in total. The van der Waals surface area contributed by atoms with Crippen molar-refractivity contribution in [3.63, 3.8) is 0 Å². The van der Waals surface area contributed by atoms with E-state index in [1.165, 1.54) is 77.0 Å². The Kier molecular flexibility index (Phi) is 8.65. The monoisotopic (exact) mass is 334 g/mol. The summed E-state index contributed by atoms with van der Waals surface area (Å²) >= 11 is 0. The molecule has 0 amide bonds. The average Bonchev–Trinajstić information content (AvgIpc) is 2.68. The van der Waals surface area contributed by atoms with E-state index in [1.54, 1.807) is 19.3 Å². The molecule has 0 heteroatoms. The lowest BCUT2D eigenvalue weighted by Crippen LogP contribution is -2.30. The molecule has 3 rings (SSSR count). The van der Waals surface area contributed by atoms with Crippen molar-refractivity contribution in [2.24, 2.45) is 29.1 Å². The Morgan fingerprint density at radius 3 is 1.88 bits per heavy atom. The maximum Gasteiger partial charge on any atom is -0.0302 e. The van der Waals surface area contributed by atoms with E-state index in [9.17, 15) is 0 Å². The zero-order chi connectivity index (χ0) is 17.4. The Balaban J connectivity index is 0.000000174. The molecule has 0 heterocycles. The molecule has 3 fully saturated rings. The molecule has 142 valence electrons. The topological polar surface area (TPSA) is 0 Å². The van der Waals surface area contributed by atoms with Gasteiger partial charge in [0, 0.05) is 0 Å². The van der Waals surface area contributed by atoms with Crippen LogP contribution in [0.25, 0.3) is 0 Å². The molecule has 0 spiro atoms. The summed E-state index contributed by atoms with van der Waals surface area (Å²) < 4.78 is 0. The Bertz CT molecular complexity index is 308. The number of rotatable bonds is 4. The van der Waals surface area contributed by atoms with E-state index in [1.807, 2.05) is 0 Å². The van der Waals surface area contributed by atoms with Gasteiger partial charge in [-0.05, 0) is 61.2 Å². The predicted molar refractivity (Wildman–Crippen MR) is 108 cm³/mol. The molecule has 0 saturated heterocycles. The average molecular weight is 335 g/mol. The van der Waals surface area contributed by atoms with Crippen LogP contribution in [0.4, 0.5) is 0 Å². The Morgan fingerprint density at radius 1 is 0.667 bits per heavy atom. The first-order chi connectivity index (χ1) is 11.7. The van der Waals surface area contributed by atoms with Crippen molar-refractivity contribution in [1.29, 1.82) is 0 Å². The van der Waals surface area contributed by atoms with E-state index in [4.69, 9.17) is 0 Å². The van der Waals surface area contributed by atoms with Gasteiger partial charge in [-0.2, -0.15) is 0 Å². The molecular weight excluding hydrogens is 288 g/mol. The molecule has 0 radical (unpaired) electrons. The van der Waals surface area contributed by atoms with Crippen molar-refractivity contribution in [3.05, 3.63) is 0 Å². The highest BCUT2D eigenvalue weighted by Gasteiger charge is 2.33. The maximum absolute atomic E-state index is 2.39. The van der Waals surface area contributed by atoms with Gasteiger partial charge in [-0.15, -0.1) is 0 Å². The standard InChI is InChI=1S/C12H22.C12H24/c1-2-10-7-5-8-11-6-3-4-9-12(10)11;1-4-11-7-9-12(5-2,6-3)10-8-11/h10-12H,2-9H2,1H3;11H,4-10H2,1-3H3. The van der Waals surface area contributed by atoms with Gasteiger partial charge in [-0.1, -0.05) is 91.9 Å². The smallest absolute Gasteiger partial charge is 0.0302 e. The van der Waals surface area contributed by atoms with Crippen LogP contribution in [0.15, 0.2) is 0 Å². The minimum absolute atomic E-state index is 0.742. The van der Waals surface area contributed by atoms with Crippen LogP contribution in [-0.2, 0) is 0 Å². The van der Waals surface area contributed by atoms with Gasteiger partial charge in [0.15, 0.2) is 0 Å². The van der Waals surface area contributed by atoms with Gasteiger partial charge >= 0.3 is 0 Å². The molecular formula is C24H46. The van der Waals surface area contributed by atoms with Gasteiger partial charge in [0.05, 0.1) is 0 Å². The molecule has 3 unspecified atom stereocenters. The fourth-order valence-electron chi connectivity index (χ4n) is 6.23. The normalized spacial score (nSPS) is 33.2. The predicted octanol–water partition coefficient (Wildman–Crippen LogP) is 8.40. The second-order valence-electron chi connectivity index (χ2n) is 9.37. The quantitative estimate of drug-likeness (QED) is 0.484. The van der Waals surface area contributed by atoms with Gasteiger partial charge in [0.1, 0.15) is 0 Å². The zero-order valence-corrected chi connectivity index (χ0v) is 17.4. The van der Waals surface area contributed by atoms with E-state index in [2.05, 4.69) is 27.7 Å². The van der Waals surface area contributed by atoms with Crippen molar-refractivity contribution >= 4 is 0 Å². The Hall–Kier alpha value is 0. The number of fused-ring (bicyclic) bond motifs is 1. The van der Waals surface area contributed by atoms with Crippen LogP contribution in [0.3, 0.4) is 0 Å². The van der Waals surface area contributed by atoms with Gasteiger partial charge < -0.3 is 0 Å². The maximum atomic E-state index is 2.39. The van der Waals surface area contributed by atoms with Crippen LogP contribution < -0.4 is 0 Å². The molecule has 3 aliphatic rings. The van der Waals surface area contributed by atoms with E-state index in [-0.39, 0.29) is 0 Å². The Morgan fingerprint density at radius 2 is 1.29 bits per heavy atom. The summed E-state index contributed by atoms with van der Waals surface area (Å²) in [4.78, 5) is 0. The second kappa shape index (κ2) is 10.2. The minimum Gasteiger partial charge on any atom is -0.0651 e. The molecule has 0 bridgehead atoms. The summed E-state index contributed by atoms with van der Waals surface area (Å²) in [5.41, 5.74) is 0.742. The highest BCUT2D eigenvalue weighted by molar-refractivity contribution is 4.84. The van der Waals surface area contributed by atoms with Crippen LogP contribution in [0, 0.1) is 29.1 Å². The van der Waals surface area contributed by atoms with Crippen molar-refractivity contribution in [2.75, 3.05) is 0 Å². The third-order valence-corrected chi connectivity index (χ3v) is 8.49. The van der Waals surface area contributed by atoms with Gasteiger partial charge in [0.25, 0.3) is 0 Å². The second-order valence-corrected chi connectivity index (χ2v) is 9.37. The molecule has 0 N–H and O–H groups in total. The molecule has 0 aromatic heterocycles. The van der Waals surface area contributed by atoms with Gasteiger partial charge in [0.2, 0.25) is 0 Å². The summed E-state index contributed by atoms with van der Waals surface area (Å²) in [7, 11) is 0. The summed E-state index contributed by atoms with van der Waals surface area (Å²) in [5, 5.41) is 0. The van der Waals surface area contributed by atoms with Crippen molar-refractivity contribution in [2.45, 2.75) is 124 Å². The van der Waals surface area contributed by atoms with E-state index >= 15 is 0 Å². The molecule has 0 aromatic carbocycles. The first-order valence-electron chi connectivity index (χ1n) is 11.7. The first-order valence-corrected chi connectivity index (χ1v) is 11.7. The molecule has 24 heavy (non-hydrogen) atoms. The molecule has 0 aromatic rings. The lowest BCUT2D eigenvalue weighted by atomic mass is 9.65. The summed E-state index contributed by atoms with van der Waals surface area (Å²) in [6.45, 7) is 9.47. The van der Waals surface area contributed by atoms with Crippen LogP contribution in [0.1, 0.15) is 124 Å². The Labute approximate surface area is 153 Å². The van der Waals surface area contributed by atoms with Crippen LogP contribution in [0.5, 0.6) is 0 Å². The van der Waals surface area contributed by atoms with Crippen molar-refractivity contribution in [3.8, 4) is 0 Å². The van der Waals surface area contributed by atoms with Crippen molar-refractivity contribution in [1.82, 2.24) is 0 Å². The summed E-state index contributed by atoms with van der Waals surface area (Å²) in [6.07, 6.45) is 22.4. The zero-order valence-electron chi connectivity index (χ0n) is 17.4. The van der Waals surface area contributed by atoms with Crippen LogP contribution in [-0.4, -0.2) is 0 Å².